The van der Waals surface area contributed by atoms with Gasteiger partial charge in [0.2, 0.25) is 0 Å². The second-order valence-electron chi connectivity index (χ2n) is 6.93. The summed E-state index contributed by atoms with van der Waals surface area (Å²) in [5.41, 5.74) is 1.97. The number of benzene rings is 2. The van der Waals surface area contributed by atoms with Crippen molar-refractivity contribution >= 4 is 17.7 Å². The van der Waals surface area contributed by atoms with Crippen LogP contribution in [0.5, 0.6) is 0 Å². The molecule has 0 radical (unpaired) electrons. The molecule has 1 aliphatic rings. The van der Waals surface area contributed by atoms with Crippen molar-refractivity contribution in [3.63, 3.8) is 0 Å². The van der Waals surface area contributed by atoms with E-state index in [0.717, 1.165) is 36.2 Å². The minimum Gasteiger partial charge on any atom is -0.461 e. The van der Waals surface area contributed by atoms with Crippen LogP contribution in [0.1, 0.15) is 43.7 Å². The average molecular weight is 378 g/mol. The van der Waals surface area contributed by atoms with E-state index in [1.54, 1.807) is 4.90 Å². The highest BCUT2D eigenvalue weighted by atomic mass is 16.5. The summed E-state index contributed by atoms with van der Waals surface area (Å²) < 4.78 is 5.33. The van der Waals surface area contributed by atoms with Crippen molar-refractivity contribution in [2.24, 2.45) is 4.99 Å². The number of amides is 1. The van der Waals surface area contributed by atoms with Crippen LogP contribution in [0.25, 0.3) is 0 Å². The standard InChI is InChI=1S/C23H26N2O3/c1-2-3-14-21-24-20(15-22(26)28-17-19-12-8-5-9-13-19)23(27)25(21)16-18-10-6-4-7-11-18/h4-13,20H,2-3,14-17H2,1H3. The number of carbonyl (C=O) groups excluding carboxylic acids is 2. The van der Waals surface area contributed by atoms with E-state index in [4.69, 9.17) is 4.74 Å². The zero-order chi connectivity index (χ0) is 19.8. The third-order valence-corrected chi connectivity index (χ3v) is 4.71. The molecule has 0 fully saturated rings. The Morgan fingerprint density at radius 2 is 1.68 bits per heavy atom. The van der Waals surface area contributed by atoms with E-state index >= 15 is 0 Å². The molecule has 1 atom stereocenters. The lowest BCUT2D eigenvalue weighted by atomic mass is 10.1. The van der Waals surface area contributed by atoms with Crippen molar-refractivity contribution in [3.05, 3.63) is 71.8 Å². The molecule has 0 bridgehead atoms. The number of rotatable bonds is 9. The van der Waals surface area contributed by atoms with Crippen molar-refractivity contribution in [2.45, 2.75) is 51.8 Å². The van der Waals surface area contributed by atoms with Crippen LogP contribution in [-0.4, -0.2) is 28.7 Å². The molecule has 0 saturated carbocycles. The summed E-state index contributed by atoms with van der Waals surface area (Å²) in [6, 6.07) is 18.7. The van der Waals surface area contributed by atoms with Gasteiger partial charge in [-0.3, -0.25) is 19.5 Å². The Kier molecular flexibility index (Phi) is 6.95. The first-order valence-electron chi connectivity index (χ1n) is 9.79. The van der Waals surface area contributed by atoms with E-state index in [2.05, 4.69) is 11.9 Å². The largest absolute Gasteiger partial charge is 0.461 e. The van der Waals surface area contributed by atoms with E-state index in [1.807, 2.05) is 60.7 Å². The van der Waals surface area contributed by atoms with Gasteiger partial charge in [0.05, 0.1) is 13.0 Å². The summed E-state index contributed by atoms with van der Waals surface area (Å²) >= 11 is 0. The summed E-state index contributed by atoms with van der Waals surface area (Å²) in [5, 5.41) is 0. The maximum absolute atomic E-state index is 12.9. The molecule has 5 nitrogen and oxygen atoms in total. The molecule has 1 aliphatic heterocycles. The molecule has 0 N–H and O–H groups in total. The smallest absolute Gasteiger partial charge is 0.308 e. The SMILES string of the molecule is CCCCC1=NC(CC(=O)OCc2ccccc2)C(=O)N1Cc1ccccc1. The molecule has 3 rings (SSSR count). The van der Waals surface area contributed by atoms with Crippen LogP contribution in [0.15, 0.2) is 65.7 Å². The van der Waals surface area contributed by atoms with Crippen molar-refractivity contribution in [2.75, 3.05) is 0 Å². The van der Waals surface area contributed by atoms with Gasteiger partial charge in [0.25, 0.3) is 5.91 Å². The molecule has 0 spiro atoms. The quantitative estimate of drug-likeness (QED) is 0.617. The van der Waals surface area contributed by atoms with Crippen LogP contribution in [0.4, 0.5) is 0 Å². The maximum atomic E-state index is 12.9. The van der Waals surface area contributed by atoms with Gasteiger partial charge in [0, 0.05) is 6.42 Å². The van der Waals surface area contributed by atoms with Crippen LogP contribution in [0.3, 0.4) is 0 Å². The van der Waals surface area contributed by atoms with Crippen molar-refractivity contribution in [3.8, 4) is 0 Å². The molecule has 146 valence electrons. The number of ether oxygens (including phenoxy) is 1. The van der Waals surface area contributed by atoms with Crippen LogP contribution in [-0.2, 0) is 27.5 Å². The Balaban J connectivity index is 1.62. The molecular weight excluding hydrogens is 352 g/mol. The van der Waals surface area contributed by atoms with Gasteiger partial charge < -0.3 is 4.74 Å². The third-order valence-electron chi connectivity index (χ3n) is 4.71. The van der Waals surface area contributed by atoms with Gasteiger partial charge in [0.1, 0.15) is 18.5 Å². The van der Waals surface area contributed by atoms with Gasteiger partial charge in [-0.05, 0) is 17.5 Å². The Morgan fingerprint density at radius 3 is 2.32 bits per heavy atom. The normalized spacial score (nSPS) is 16.2. The highest BCUT2D eigenvalue weighted by Gasteiger charge is 2.35. The lowest BCUT2D eigenvalue weighted by molar-refractivity contribution is -0.147. The molecular formula is C23H26N2O3. The summed E-state index contributed by atoms with van der Waals surface area (Å²) in [4.78, 5) is 31.4. The lowest BCUT2D eigenvalue weighted by Gasteiger charge is -2.19. The topological polar surface area (TPSA) is 59.0 Å². The fourth-order valence-electron chi connectivity index (χ4n) is 3.17. The molecule has 0 aliphatic carbocycles. The molecule has 0 saturated heterocycles. The Morgan fingerprint density at radius 1 is 1.04 bits per heavy atom. The molecule has 0 aromatic heterocycles. The van der Waals surface area contributed by atoms with Crippen molar-refractivity contribution < 1.29 is 14.3 Å². The molecule has 1 unspecified atom stereocenters. The number of nitrogens with zero attached hydrogens (tertiary/aromatic N) is 2. The first-order chi connectivity index (χ1) is 13.7. The van der Waals surface area contributed by atoms with Gasteiger partial charge in [-0.1, -0.05) is 74.0 Å². The van der Waals surface area contributed by atoms with Crippen molar-refractivity contribution in [1.29, 1.82) is 0 Å². The summed E-state index contributed by atoms with van der Waals surface area (Å²) in [5.74, 6) is 0.255. The first kappa shape index (κ1) is 19.8. The minimum atomic E-state index is -0.682. The number of hydrogen-bond acceptors (Lipinski definition) is 4. The highest BCUT2D eigenvalue weighted by Crippen LogP contribution is 2.21. The second-order valence-corrected chi connectivity index (χ2v) is 6.93. The van der Waals surface area contributed by atoms with Gasteiger partial charge in [0.15, 0.2) is 0 Å². The van der Waals surface area contributed by atoms with Crippen molar-refractivity contribution in [1.82, 2.24) is 4.90 Å². The number of carbonyl (C=O) groups is 2. The van der Waals surface area contributed by atoms with Gasteiger partial charge in [-0.15, -0.1) is 0 Å². The first-order valence-corrected chi connectivity index (χ1v) is 9.79. The van der Waals surface area contributed by atoms with Gasteiger partial charge >= 0.3 is 5.97 Å². The second kappa shape index (κ2) is 9.83. The number of aliphatic imine (C=N–C) groups is 1. The summed E-state index contributed by atoms with van der Waals surface area (Å²) in [7, 11) is 0. The van der Waals surface area contributed by atoms with E-state index in [-0.39, 0.29) is 18.9 Å². The Hall–Kier alpha value is -2.95. The number of hydrogen-bond donors (Lipinski definition) is 0. The van der Waals surface area contributed by atoms with E-state index < -0.39 is 12.0 Å². The molecule has 28 heavy (non-hydrogen) atoms. The Bertz CT molecular complexity index is 818. The average Bonchev–Trinajstić information content (AvgIpc) is 3.01. The van der Waals surface area contributed by atoms with Gasteiger partial charge in [-0.25, -0.2) is 0 Å². The van der Waals surface area contributed by atoms with Gasteiger partial charge in [-0.2, -0.15) is 0 Å². The maximum Gasteiger partial charge on any atom is 0.308 e. The summed E-state index contributed by atoms with van der Waals surface area (Å²) in [6.07, 6.45) is 2.70. The Labute approximate surface area is 166 Å². The number of esters is 1. The van der Waals surface area contributed by atoms with E-state index in [9.17, 15) is 9.59 Å². The van der Waals surface area contributed by atoms with E-state index in [0.29, 0.717) is 6.54 Å². The monoisotopic (exact) mass is 378 g/mol. The molecule has 2 aromatic rings. The number of unbranched alkanes of at least 4 members (excludes halogenated alkanes) is 1. The van der Waals surface area contributed by atoms with E-state index in [1.165, 1.54) is 0 Å². The molecule has 5 heteroatoms. The highest BCUT2D eigenvalue weighted by molar-refractivity contribution is 6.06. The predicted octanol–water partition coefficient (Wildman–Crippen LogP) is 4.12. The summed E-state index contributed by atoms with van der Waals surface area (Å²) in [6.45, 7) is 2.80. The number of amidine groups is 1. The fourth-order valence-corrected chi connectivity index (χ4v) is 3.17. The minimum absolute atomic E-state index is 0.0212. The third kappa shape index (κ3) is 5.28. The predicted molar refractivity (Wildman–Crippen MR) is 109 cm³/mol. The lowest BCUT2D eigenvalue weighted by Crippen LogP contribution is -2.35. The molecule has 1 heterocycles. The molecule has 2 aromatic carbocycles. The molecule has 1 amide bonds. The van der Waals surface area contributed by atoms with Crippen LogP contribution in [0, 0.1) is 0 Å². The van der Waals surface area contributed by atoms with Crippen LogP contribution >= 0.6 is 0 Å². The van der Waals surface area contributed by atoms with Crippen LogP contribution in [0.2, 0.25) is 0 Å². The zero-order valence-corrected chi connectivity index (χ0v) is 16.2. The fraction of sp³-hybridized carbons (Fsp3) is 0.348. The zero-order valence-electron chi connectivity index (χ0n) is 16.2. The van der Waals surface area contributed by atoms with Crippen LogP contribution < -0.4 is 0 Å².